The number of carbonyl (C=O) groups excluding carboxylic acids is 2. The number of nitrogens with one attached hydrogen (secondary N) is 2. The van der Waals surface area contributed by atoms with E-state index in [2.05, 4.69) is 55.3 Å². The summed E-state index contributed by atoms with van der Waals surface area (Å²) in [6.07, 6.45) is 3.30. The predicted octanol–water partition coefficient (Wildman–Crippen LogP) is 6.32. The lowest BCUT2D eigenvalue weighted by Crippen LogP contribution is -2.43. The number of carbonyl (C=O) groups is 2. The van der Waals surface area contributed by atoms with Crippen molar-refractivity contribution in [1.82, 2.24) is 15.2 Å². The quantitative estimate of drug-likeness (QED) is 0.195. The van der Waals surface area contributed by atoms with Gasteiger partial charge in [0.15, 0.2) is 0 Å². The molecule has 0 aliphatic heterocycles. The third-order valence-corrected chi connectivity index (χ3v) is 6.38. The number of rotatable bonds is 10. The fraction of sp³-hybridized carbons (Fsp3) is 0.355. The SMILES string of the molecule is CCN(C(=N)CCCc1ccc(-c2cccc(CC=O)n2)cc1)C(=O)NCc1ccc(C(C)(C)C)cc1. The van der Waals surface area contributed by atoms with Crippen LogP contribution < -0.4 is 5.32 Å². The van der Waals surface area contributed by atoms with Crippen LogP contribution in [0.1, 0.15) is 62.9 Å². The summed E-state index contributed by atoms with van der Waals surface area (Å²) in [6, 6.07) is 22.0. The lowest BCUT2D eigenvalue weighted by molar-refractivity contribution is -0.107. The Morgan fingerprint density at radius 3 is 2.30 bits per heavy atom. The molecular formula is C31H38N4O2. The fourth-order valence-electron chi connectivity index (χ4n) is 4.13. The molecule has 37 heavy (non-hydrogen) atoms. The number of benzene rings is 2. The van der Waals surface area contributed by atoms with Gasteiger partial charge in [-0.3, -0.25) is 15.3 Å². The second kappa shape index (κ2) is 12.9. The molecule has 0 atom stereocenters. The lowest BCUT2D eigenvalue weighted by atomic mass is 9.87. The highest BCUT2D eigenvalue weighted by Gasteiger charge is 2.17. The van der Waals surface area contributed by atoms with Crippen LogP contribution >= 0.6 is 0 Å². The number of hydrogen-bond donors (Lipinski definition) is 2. The van der Waals surface area contributed by atoms with Crippen molar-refractivity contribution in [3.8, 4) is 11.3 Å². The van der Waals surface area contributed by atoms with E-state index in [-0.39, 0.29) is 11.4 Å². The Morgan fingerprint density at radius 2 is 1.68 bits per heavy atom. The Morgan fingerprint density at radius 1 is 1.00 bits per heavy atom. The van der Waals surface area contributed by atoms with Gasteiger partial charge in [-0.25, -0.2) is 4.79 Å². The maximum absolute atomic E-state index is 12.7. The molecule has 0 saturated heterocycles. The molecule has 0 unspecified atom stereocenters. The Labute approximate surface area is 220 Å². The number of amidine groups is 1. The Kier molecular flexibility index (Phi) is 9.72. The minimum Gasteiger partial charge on any atom is -0.334 e. The Hall–Kier alpha value is -3.80. The molecule has 2 aromatic carbocycles. The molecule has 0 radical (unpaired) electrons. The number of nitrogens with zero attached hydrogens (tertiary/aromatic N) is 2. The number of amides is 2. The van der Waals surface area contributed by atoms with Crippen LogP contribution in [0.15, 0.2) is 66.7 Å². The van der Waals surface area contributed by atoms with Crippen LogP contribution in [0.2, 0.25) is 0 Å². The highest BCUT2D eigenvalue weighted by molar-refractivity contribution is 5.95. The summed E-state index contributed by atoms with van der Waals surface area (Å²) in [6.45, 7) is 9.32. The van der Waals surface area contributed by atoms with E-state index in [1.807, 2.05) is 49.4 Å². The predicted molar refractivity (Wildman–Crippen MR) is 150 cm³/mol. The standard InChI is InChI=1S/C31H38N4O2/c1-5-35(30(37)33-22-24-14-18-26(19-15-24)31(2,3)4)29(32)11-6-8-23-12-16-25(17-13-23)28-10-7-9-27(34-28)20-21-36/h7,9-10,12-19,21,32H,5-6,8,11,20,22H2,1-4H3,(H,33,37). The van der Waals surface area contributed by atoms with Crippen molar-refractivity contribution < 1.29 is 9.59 Å². The topological polar surface area (TPSA) is 86.2 Å². The molecular weight excluding hydrogens is 460 g/mol. The normalized spacial score (nSPS) is 11.1. The van der Waals surface area contributed by atoms with E-state index in [1.54, 1.807) is 0 Å². The van der Waals surface area contributed by atoms with E-state index >= 15 is 0 Å². The van der Waals surface area contributed by atoms with Gasteiger partial charge in [0.25, 0.3) is 0 Å². The number of aryl methyl sites for hydroxylation is 1. The second-order valence-electron chi connectivity index (χ2n) is 10.2. The molecule has 2 N–H and O–H groups in total. The zero-order valence-corrected chi connectivity index (χ0v) is 22.4. The minimum atomic E-state index is -0.235. The average molecular weight is 499 g/mol. The van der Waals surface area contributed by atoms with Gasteiger partial charge in [0, 0.05) is 37.2 Å². The summed E-state index contributed by atoms with van der Waals surface area (Å²) in [7, 11) is 0. The van der Waals surface area contributed by atoms with Crippen LogP contribution in [0.25, 0.3) is 11.3 Å². The Balaban J connectivity index is 1.47. The first-order valence-corrected chi connectivity index (χ1v) is 12.9. The summed E-state index contributed by atoms with van der Waals surface area (Å²) < 4.78 is 0. The first kappa shape index (κ1) is 27.8. The summed E-state index contributed by atoms with van der Waals surface area (Å²) in [4.78, 5) is 29.5. The molecule has 0 bridgehead atoms. The molecule has 194 valence electrons. The summed E-state index contributed by atoms with van der Waals surface area (Å²) in [5, 5.41) is 11.4. The van der Waals surface area contributed by atoms with Crippen molar-refractivity contribution in [2.75, 3.05) is 6.54 Å². The monoisotopic (exact) mass is 498 g/mol. The van der Waals surface area contributed by atoms with Gasteiger partial charge in [-0.05, 0) is 54.0 Å². The molecule has 2 amide bonds. The van der Waals surface area contributed by atoms with E-state index in [0.717, 1.165) is 41.6 Å². The van der Waals surface area contributed by atoms with Gasteiger partial charge in [-0.1, -0.05) is 75.4 Å². The molecule has 0 aliphatic rings. The van der Waals surface area contributed by atoms with E-state index in [0.29, 0.717) is 31.8 Å². The molecule has 3 aromatic rings. The molecule has 6 heteroatoms. The first-order valence-electron chi connectivity index (χ1n) is 12.9. The minimum absolute atomic E-state index is 0.0960. The van der Waals surface area contributed by atoms with Gasteiger partial charge in [0.05, 0.1) is 5.69 Å². The van der Waals surface area contributed by atoms with Crippen molar-refractivity contribution in [3.05, 3.63) is 89.1 Å². The number of aromatic nitrogens is 1. The maximum Gasteiger partial charge on any atom is 0.323 e. The molecule has 0 fully saturated rings. The van der Waals surface area contributed by atoms with E-state index in [9.17, 15) is 9.59 Å². The lowest BCUT2D eigenvalue weighted by Gasteiger charge is -2.22. The third-order valence-electron chi connectivity index (χ3n) is 6.38. The number of hydrogen-bond acceptors (Lipinski definition) is 4. The molecule has 6 nitrogen and oxygen atoms in total. The molecule has 0 aliphatic carbocycles. The largest absolute Gasteiger partial charge is 0.334 e. The van der Waals surface area contributed by atoms with E-state index in [4.69, 9.17) is 5.41 Å². The van der Waals surface area contributed by atoms with Crippen molar-refractivity contribution in [1.29, 1.82) is 5.41 Å². The van der Waals surface area contributed by atoms with Crippen LogP contribution in [-0.2, 0) is 29.6 Å². The summed E-state index contributed by atoms with van der Waals surface area (Å²) >= 11 is 0. The van der Waals surface area contributed by atoms with Gasteiger partial charge in [-0.2, -0.15) is 0 Å². The number of aldehydes is 1. The van der Waals surface area contributed by atoms with E-state index < -0.39 is 0 Å². The van der Waals surface area contributed by atoms with E-state index in [1.165, 1.54) is 16.0 Å². The molecule has 3 rings (SSSR count). The van der Waals surface area contributed by atoms with Crippen molar-refractivity contribution in [2.24, 2.45) is 0 Å². The van der Waals surface area contributed by atoms with Gasteiger partial charge < -0.3 is 10.1 Å². The van der Waals surface area contributed by atoms with Crippen LogP contribution in [0, 0.1) is 5.41 Å². The molecule has 1 heterocycles. The fourth-order valence-corrected chi connectivity index (χ4v) is 4.13. The van der Waals surface area contributed by atoms with Gasteiger partial charge in [0.2, 0.25) is 0 Å². The van der Waals surface area contributed by atoms with Gasteiger partial charge in [-0.15, -0.1) is 0 Å². The van der Waals surface area contributed by atoms with Crippen molar-refractivity contribution >= 4 is 18.2 Å². The average Bonchev–Trinajstić information content (AvgIpc) is 2.88. The van der Waals surface area contributed by atoms with Crippen LogP contribution in [-0.4, -0.2) is 34.6 Å². The first-order chi connectivity index (χ1) is 17.7. The maximum atomic E-state index is 12.7. The highest BCUT2D eigenvalue weighted by atomic mass is 16.2. The van der Waals surface area contributed by atoms with Gasteiger partial charge >= 0.3 is 6.03 Å². The Bertz CT molecular complexity index is 1200. The number of urea groups is 1. The summed E-state index contributed by atoms with van der Waals surface area (Å²) in [5.74, 6) is 0.330. The molecule has 0 saturated carbocycles. The van der Waals surface area contributed by atoms with Crippen LogP contribution in [0.3, 0.4) is 0 Å². The zero-order valence-electron chi connectivity index (χ0n) is 22.4. The van der Waals surface area contributed by atoms with Crippen LogP contribution in [0.4, 0.5) is 4.79 Å². The number of pyridine rings is 1. The van der Waals surface area contributed by atoms with Crippen LogP contribution in [0.5, 0.6) is 0 Å². The summed E-state index contributed by atoms with van der Waals surface area (Å²) in [5.41, 5.74) is 6.18. The highest BCUT2D eigenvalue weighted by Crippen LogP contribution is 2.22. The second-order valence-corrected chi connectivity index (χ2v) is 10.2. The zero-order chi connectivity index (χ0) is 26.8. The van der Waals surface area contributed by atoms with Gasteiger partial charge in [0.1, 0.15) is 12.1 Å². The smallest absolute Gasteiger partial charge is 0.323 e. The molecule has 1 aromatic heterocycles. The van der Waals surface area contributed by atoms with Crippen molar-refractivity contribution in [3.63, 3.8) is 0 Å². The third kappa shape index (κ3) is 8.10. The molecule has 0 spiro atoms. The van der Waals surface area contributed by atoms with Crippen molar-refractivity contribution in [2.45, 2.75) is 65.3 Å².